The smallest absolute Gasteiger partial charge is 0.250 e. The van der Waals surface area contributed by atoms with Gasteiger partial charge in [-0.05, 0) is 36.3 Å². The third-order valence-corrected chi connectivity index (χ3v) is 4.89. The van der Waals surface area contributed by atoms with Crippen molar-refractivity contribution in [2.24, 2.45) is 0 Å². The van der Waals surface area contributed by atoms with Crippen molar-refractivity contribution in [1.29, 1.82) is 0 Å². The van der Waals surface area contributed by atoms with Crippen molar-refractivity contribution in [2.75, 3.05) is 4.90 Å². The average Bonchev–Trinajstić information content (AvgIpc) is 3.20. The molecule has 5 nitrogen and oxygen atoms in total. The van der Waals surface area contributed by atoms with Crippen molar-refractivity contribution in [2.45, 2.75) is 32.8 Å². The molecule has 120 valence electrons. The number of fused-ring (bicyclic) bond motifs is 1. The Balaban J connectivity index is 1.88. The minimum Gasteiger partial charge on any atom is -0.388 e. The van der Waals surface area contributed by atoms with Crippen molar-refractivity contribution in [3.8, 4) is 0 Å². The molecule has 0 bridgehead atoms. The minimum absolute atomic E-state index is 0.183. The van der Waals surface area contributed by atoms with Crippen LogP contribution in [0, 0.1) is 0 Å². The minimum atomic E-state index is -0.554. The van der Waals surface area contributed by atoms with Gasteiger partial charge >= 0.3 is 0 Å². The molecule has 1 aromatic heterocycles. The van der Waals surface area contributed by atoms with Crippen LogP contribution in [0.1, 0.15) is 34.0 Å². The molecule has 3 rings (SSSR count). The van der Waals surface area contributed by atoms with E-state index in [1.54, 1.807) is 18.0 Å². The molecule has 0 fully saturated rings. The molecule has 0 radical (unpaired) electrons. The number of rotatable bonds is 5. The summed E-state index contributed by atoms with van der Waals surface area (Å²) in [6.45, 7) is 6.82. The largest absolute Gasteiger partial charge is 0.388 e. The summed E-state index contributed by atoms with van der Waals surface area (Å²) in [6, 6.07) is 5.88. The van der Waals surface area contributed by atoms with Crippen LogP contribution in [0.4, 0.5) is 5.69 Å². The average molecular weight is 330 g/mol. The van der Waals surface area contributed by atoms with Gasteiger partial charge in [-0.25, -0.2) is 4.98 Å². The van der Waals surface area contributed by atoms with Crippen molar-refractivity contribution < 1.29 is 14.6 Å². The van der Waals surface area contributed by atoms with Crippen LogP contribution < -0.4 is 4.90 Å². The van der Waals surface area contributed by atoms with Crippen LogP contribution >= 0.6 is 11.3 Å². The number of amides is 1. The Bertz CT molecular complexity index is 739. The van der Waals surface area contributed by atoms with Crippen LogP contribution in [0.25, 0.3) is 0 Å². The molecule has 1 amide bonds. The number of carbonyl (C=O) groups excluding carboxylic acids is 1. The van der Waals surface area contributed by atoms with Gasteiger partial charge in [-0.2, -0.15) is 0 Å². The Morgan fingerprint density at radius 3 is 3.00 bits per heavy atom. The van der Waals surface area contributed by atoms with Crippen molar-refractivity contribution in [1.82, 2.24) is 4.98 Å². The topological polar surface area (TPSA) is 62.7 Å². The van der Waals surface area contributed by atoms with E-state index < -0.39 is 6.10 Å². The summed E-state index contributed by atoms with van der Waals surface area (Å²) >= 11 is 1.40. The molecule has 0 aliphatic carbocycles. The van der Waals surface area contributed by atoms with Gasteiger partial charge in [-0.3, -0.25) is 4.79 Å². The van der Waals surface area contributed by atoms with Gasteiger partial charge in [0.15, 0.2) is 0 Å². The van der Waals surface area contributed by atoms with Gasteiger partial charge < -0.3 is 14.7 Å². The number of aliphatic hydroxyl groups excluding tert-OH is 1. The molecule has 1 aromatic carbocycles. The molecule has 1 unspecified atom stereocenters. The lowest BCUT2D eigenvalue weighted by Crippen LogP contribution is -2.28. The number of nitrogens with zero attached hydrogens (tertiary/aromatic N) is 2. The summed E-state index contributed by atoms with van der Waals surface area (Å²) in [4.78, 5) is 19.0. The van der Waals surface area contributed by atoms with Crippen LogP contribution in [0.5, 0.6) is 0 Å². The molecule has 2 aromatic rings. The van der Waals surface area contributed by atoms with E-state index in [1.807, 2.05) is 18.2 Å². The van der Waals surface area contributed by atoms with E-state index in [-0.39, 0.29) is 5.91 Å². The highest BCUT2D eigenvalue weighted by Gasteiger charge is 2.19. The van der Waals surface area contributed by atoms with Crippen molar-refractivity contribution in [3.05, 3.63) is 58.1 Å². The second-order valence-corrected chi connectivity index (χ2v) is 6.55. The van der Waals surface area contributed by atoms with Crippen LogP contribution in [-0.4, -0.2) is 16.0 Å². The molecule has 1 N–H and O–H groups in total. The summed E-state index contributed by atoms with van der Waals surface area (Å²) in [5.41, 5.74) is 3.06. The molecule has 1 atom stereocenters. The summed E-state index contributed by atoms with van der Waals surface area (Å²) in [5.74, 6) is -0.183. The van der Waals surface area contributed by atoms with Crippen LogP contribution in [-0.2, 0) is 29.3 Å². The van der Waals surface area contributed by atoms with E-state index in [9.17, 15) is 9.90 Å². The highest BCUT2D eigenvalue weighted by molar-refractivity contribution is 7.11. The molecule has 1 aliphatic heterocycles. The van der Waals surface area contributed by atoms with E-state index in [1.165, 1.54) is 17.4 Å². The van der Waals surface area contributed by atoms with Gasteiger partial charge in [-0.1, -0.05) is 12.6 Å². The Kier molecular flexibility index (Phi) is 4.56. The Morgan fingerprint density at radius 1 is 1.52 bits per heavy atom. The van der Waals surface area contributed by atoms with E-state index in [0.717, 1.165) is 26.7 Å². The summed E-state index contributed by atoms with van der Waals surface area (Å²) in [6.07, 6.45) is 2.40. The maximum atomic E-state index is 12.3. The third-order valence-electron chi connectivity index (χ3n) is 3.73. The number of aliphatic hydroxyl groups is 1. The lowest BCUT2D eigenvalue weighted by atomic mass is 10.1. The number of anilines is 1. The monoisotopic (exact) mass is 330 g/mol. The van der Waals surface area contributed by atoms with E-state index in [2.05, 4.69) is 11.6 Å². The van der Waals surface area contributed by atoms with Gasteiger partial charge in [0.05, 0.1) is 30.7 Å². The molecule has 6 heteroatoms. The van der Waals surface area contributed by atoms with Crippen LogP contribution in [0.3, 0.4) is 0 Å². The first-order valence-corrected chi connectivity index (χ1v) is 8.16. The summed E-state index contributed by atoms with van der Waals surface area (Å²) < 4.78 is 5.42. The molecular formula is C17H18N2O3S. The molecule has 0 saturated carbocycles. The molecular weight excluding hydrogens is 312 g/mol. The van der Waals surface area contributed by atoms with E-state index in [4.69, 9.17) is 4.74 Å². The fraction of sp³-hybridized carbons (Fsp3) is 0.294. The van der Waals surface area contributed by atoms with E-state index in [0.29, 0.717) is 19.8 Å². The first-order valence-electron chi connectivity index (χ1n) is 7.34. The maximum Gasteiger partial charge on any atom is 0.250 e. The summed E-state index contributed by atoms with van der Waals surface area (Å²) in [7, 11) is 0. The number of hydrogen-bond acceptors (Lipinski definition) is 5. The number of thiazole rings is 1. The Hall–Kier alpha value is -2.02. The highest BCUT2D eigenvalue weighted by Crippen LogP contribution is 2.28. The number of aromatic nitrogens is 1. The standard InChI is InChI=1S/C17H18N2O3S/c1-3-17(21)19(8-16-18-7-15(23-16)11(2)20)14-5-4-12-9-22-10-13(12)6-14/h3-7,11,20H,1,8-10H2,2H3. The lowest BCUT2D eigenvalue weighted by Gasteiger charge is -2.21. The van der Waals surface area contributed by atoms with E-state index >= 15 is 0 Å². The predicted octanol–water partition coefficient (Wildman–Crippen LogP) is 2.95. The van der Waals surface area contributed by atoms with Gasteiger partial charge in [0.2, 0.25) is 0 Å². The second kappa shape index (κ2) is 6.62. The second-order valence-electron chi connectivity index (χ2n) is 5.41. The Labute approximate surface area is 138 Å². The first kappa shape index (κ1) is 15.9. The van der Waals surface area contributed by atoms with Crippen LogP contribution in [0.2, 0.25) is 0 Å². The van der Waals surface area contributed by atoms with Gasteiger partial charge in [0.25, 0.3) is 5.91 Å². The van der Waals surface area contributed by atoms with Gasteiger partial charge in [0, 0.05) is 11.9 Å². The number of carbonyl (C=O) groups is 1. The molecule has 23 heavy (non-hydrogen) atoms. The molecule has 1 aliphatic rings. The number of ether oxygens (including phenoxy) is 1. The highest BCUT2D eigenvalue weighted by atomic mass is 32.1. The number of benzene rings is 1. The zero-order valence-electron chi connectivity index (χ0n) is 12.9. The quantitative estimate of drug-likeness (QED) is 0.856. The predicted molar refractivity (Wildman–Crippen MR) is 89.1 cm³/mol. The third kappa shape index (κ3) is 3.34. The van der Waals surface area contributed by atoms with Crippen molar-refractivity contribution in [3.63, 3.8) is 0 Å². The Morgan fingerprint density at radius 2 is 2.30 bits per heavy atom. The fourth-order valence-electron chi connectivity index (χ4n) is 2.46. The van der Waals surface area contributed by atoms with Gasteiger partial charge in [-0.15, -0.1) is 11.3 Å². The number of hydrogen-bond donors (Lipinski definition) is 1. The normalized spacial score (nSPS) is 14.3. The maximum absolute atomic E-state index is 12.3. The first-order chi connectivity index (χ1) is 11.1. The lowest BCUT2D eigenvalue weighted by molar-refractivity contribution is -0.114. The molecule has 0 spiro atoms. The van der Waals surface area contributed by atoms with Crippen molar-refractivity contribution >= 4 is 22.9 Å². The molecule has 2 heterocycles. The SMILES string of the molecule is C=CC(=O)N(Cc1ncc(C(C)O)s1)c1ccc2c(c1)COC2. The molecule has 0 saturated heterocycles. The summed E-state index contributed by atoms with van der Waals surface area (Å²) in [5, 5.41) is 10.4. The zero-order valence-corrected chi connectivity index (χ0v) is 13.7. The zero-order chi connectivity index (χ0) is 16.4. The fourth-order valence-corrected chi connectivity index (χ4v) is 3.31. The van der Waals surface area contributed by atoms with Gasteiger partial charge in [0.1, 0.15) is 5.01 Å². The van der Waals surface area contributed by atoms with Crippen LogP contribution in [0.15, 0.2) is 37.1 Å².